The van der Waals surface area contributed by atoms with Crippen molar-refractivity contribution < 1.29 is 13.9 Å². The maximum absolute atomic E-state index is 14.6. The standard InChI is InChI=1S/C23H20F2N6O/c1-15-14-31(29-27-15)20-9-3-16(13-19(20)25)4-10-21-26-22-23(32,11-2-12-30(22)28-21)17-5-7-18(24)8-6-17/h3-10,13-14,32H,2,11-12H2,1H3. The van der Waals surface area contributed by atoms with Crippen LogP contribution in [0.25, 0.3) is 17.8 Å². The molecule has 0 saturated carbocycles. The summed E-state index contributed by atoms with van der Waals surface area (Å²) in [6.45, 7) is 2.41. The highest BCUT2D eigenvalue weighted by Gasteiger charge is 2.39. The van der Waals surface area contributed by atoms with Crippen molar-refractivity contribution in [3.05, 3.63) is 88.8 Å². The van der Waals surface area contributed by atoms with E-state index >= 15 is 0 Å². The minimum Gasteiger partial charge on any atom is -0.377 e. The second-order valence-electron chi connectivity index (χ2n) is 7.84. The maximum Gasteiger partial charge on any atom is 0.174 e. The van der Waals surface area contributed by atoms with E-state index in [1.165, 1.54) is 22.9 Å². The van der Waals surface area contributed by atoms with Gasteiger partial charge in [-0.25, -0.2) is 23.1 Å². The molecular formula is C23H20F2N6O. The highest BCUT2D eigenvalue weighted by molar-refractivity contribution is 5.67. The first kappa shape index (κ1) is 20.2. The minimum atomic E-state index is -1.34. The van der Waals surface area contributed by atoms with Gasteiger partial charge < -0.3 is 5.11 Å². The predicted octanol–water partition coefficient (Wildman–Crippen LogP) is 3.65. The number of aryl methyl sites for hydroxylation is 2. The van der Waals surface area contributed by atoms with Crippen LogP contribution in [0.3, 0.4) is 0 Å². The summed E-state index contributed by atoms with van der Waals surface area (Å²) < 4.78 is 30.9. The van der Waals surface area contributed by atoms with Crippen LogP contribution >= 0.6 is 0 Å². The van der Waals surface area contributed by atoms with Crippen LogP contribution in [0, 0.1) is 18.6 Å². The zero-order valence-electron chi connectivity index (χ0n) is 17.3. The number of hydrogen-bond acceptors (Lipinski definition) is 5. The van der Waals surface area contributed by atoms with Crippen LogP contribution in [0.15, 0.2) is 48.7 Å². The quantitative estimate of drug-likeness (QED) is 0.530. The number of benzene rings is 2. The van der Waals surface area contributed by atoms with Gasteiger partial charge in [-0.05, 0) is 61.2 Å². The molecule has 0 saturated heterocycles. The summed E-state index contributed by atoms with van der Waals surface area (Å²) in [6.07, 6.45) is 6.20. The lowest BCUT2D eigenvalue weighted by molar-refractivity contribution is 0.0394. The second-order valence-corrected chi connectivity index (χ2v) is 7.84. The van der Waals surface area contributed by atoms with Crippen molar-refractivity contribution in [2.24, 2.45) is 0 Å². The van der Waals surface area contributed by atoms with E-state index in [0.717, 1.165) is 0 Å². The van der Waals surface area contributed by atoms with Gasteiger partial charge in [0.05, 0.1) is 11.9 Å². The first-order valence-electron chi connectivity index (χ1n) is 10.2. The number of aliphatic hydroxyl groups is 1. The molecular weight excluding hydrogens is 414 g/mol. The summed E-state index contributed by atoms with van der Waals surface area (Å²) in [7, 11) is 0. The molecule has 9 heteroatoms. The van der Waals surface area contributed by atoms with Gasteiger partial charge >= 0.3 is 0 Å². The molecule has 7 nitrogen and oxygen atoms in total. The first-order valence-corrected chi connectivity index (χ1v) is 10.2. The molecule has 4 aromatic rings. The molecule has 3 heterocycles. The van der Waals surface area contributed by atoms with Crippen molar-refractivity contribution in [2.75, 3.05) is 0 Å². The van der Waals surface area contributed by atoms with Crippen LogP contribution in [0.1, 0.15) is 41.3 Å². The molecule has 1 aliphatic rings. The largest absolute Gasteiger partial charge is 0.377 e. The highest BCUT2D eigenvalue weighted by Crippen LogP contribution is 2.36. The molecule has 162 valence electrons. The Labute approximate surface area is 182 Å². The van der Waals surface area contributed by atoms with Crippen LogP contribution in [-0.4, -0.2) is 34.9 Å². The summed E-state index contributed by atoms with van der Waals surface area (Å²) in [6, 6.07) is 10.6. The molecule has 0 radical (unpaired) electrons. The van der Waals surface area contributed by atoms with Crippen molar-refractivity contribution in [1.82, 2.24) is 29.8 Å². The van der Waals surface area contributed by atoms with Gasteiger partial charge in [0.15, 0.2) is 11.6 Å². The Bertz CT molecular complexity index is 1310. The van der Waals surface area contributed by atoms with Crippen LogP contribution in [-0.2, 0) is 12.1 Å². The van der Waals surface area contributed by atoms with Crippen LogP contribution in [0.2, 0.25) is 0 Å². The maximum atomic E-state index is 14.6. The average Bonchev–Trinajstić information content (AvgIpc) is 3.40. The van der Waals surface area contributed by atoms with E-state index in [0.29, 0.717) is 53.5 Å². The Hall–Kier alpha value is -3.72. The monoisotopic (exact) mass is 434 g/mol. The molecule has 5 rings (SSSR count). The molecule has 0 aliphatic carbocycles. The number of hydrogen-bond donors (Lipinski definition) is 1. The molecule has 0 bridgehead atoms. The van der Waals surface area contributed by atoms with Gasteiger partial charge in [0.1, 0.15) is 22.9 Å². The van der Waals surface area contributed by atoms with Gasteiger partial charge in [0.25, 0.3) is 0 Å². The summed E-state index contributed by atoms with van der Waals surface area (Å²) in [5, 5.41) is 23.6. The Kier molecular flexibility index (Phi) is 4.90. The fourth-order valence-electron chi connectivity index (χ4n) is 3.94. The van der Waals surface area contributed by atoms with Gasteiger partial charge in [0, 0.05) is 6.54 Å². The van der Waals surface area contributed by atoms with Crippen molar-refractivity contribution >= 4 is 12.2 Å². The Morgan fingerprint density at radius 1 is 1.09 bits per heavy atom. The molecule has 1 unspecified atom stereocenters. The molecule has 0 fully saturated rings. The van der Waals surface area contributed by atoms with Crippen LogP contribution in [0.5, 0.6) is 0 Å². The Morgan fingerprint density at radius 3 is 2.62 bits per heavy atom. The van der Waals surface area contributed by atoms with Crippen LogP contribution < -0.4 is 0 Å². The van der Waals surface area contributed by atoms with E-state index in [1.807, 2.05) is 0 Å². The van der Waals surface area contributed by atoms with Crippen molar-refractivity contribution in [1.29, 1.82) is 0 Å². The number of fused-ring (bicyclic) bond motifs is 1. The van der Waals surface area contributed by atoms with E-state index in [2.05, 4.69) is 20.4 Å². The lowest BCUT2D eigenvalue weighted by atomic mass is 9.86. The van der Waals surface area contributed by atoms with Crippen LogP contribution in [0.4, 0.5) is 8.78 Å². The van der Waals surface area contributed by atoms with E-state index in [9.17, 15) is 13.9 Å². The third kappa shape index (κ3) is 3.60. The van der Waals surface area contributed by atoms with Gasteiger partial charge in [-0.1, -0.05) is 29.5 Å². The lowest BCUT2D eigenvalue weighted by Crippen LogP contribution is -2.35. The number of rotatable bonds is 4. The third-order valence-corrected chi connectivity index (χ3v) is 5.54. The average molecular weight is 434 g/mol. The zero-order chi connectivity index (χ0) is 22.3. The molecule has 2 aromatic heterocycles. The Balaban J connectivity index is 1.42. The molecule has 2 aromatic carbocycles. The van der Waals surface area contributed by atoms with Crippen molar-refractivity contribution in [3.63, 3.8) is 0 Å². The SMILES string of the molecule is Cc1cn(-c2ccc(C=Cc3nc4n(n3)CCCC4(O)c3ccc(F)cc3)cc2F)nn1. The molecule has 1 aliphatic heterocycles. The second kappa shape index (κ2) is 7.76. The molecule has 32 heavy (non-hydrogen) atoms. The van der Waals surface area contributed by atoms with Gasteiger partial charge in [-0.3, -0.25) is 0 Å². The molecule has 1 atom stereocenters. The topological polar surface area (TPSA) is 81.7 Å². The predicted molar refractivity (Wildman–Crippen MR) is 114 cm³/mol. The third-order valence-electron chi connectivity index (χ3n) is 5.54. The van der Waals surface area contributed by atoms with E-state index in [-0.39, 0.29) is 5.82 Å². The fraction of sp³-hybridized carbons (Fsp3) is 0.217. The summed E-state index contributed by atoms with van der Waals surface area (Å²) in [5.41, 5.74) is 0.870. The van der Waals surface area contributed by atoms with Crippen molar-refractivity contribution in [3.8, 4) is 5.69 Å². The van der Waals surface area contributed by atoms with E-state index in [1.54, 1.807) is 54.2 Å². The summed E-state index contributed by atoms with van der Waals surface area (Å²) >= 11 is 0. The number of halogens is 2. The fourth-order valence-corrected chi connectivity index (χ4v) is 3.94. The number of aromatic nitrogens is 6. The van der Waals surface area contributed by atoms with Gasteiger partial charge in [-0.2, -0.15) is 5.10 Å². The summed E-state index contributed by atoms with van der Waals surface area (Å²) in [5.74, 6) is 0.0205. The highest BCUT2D eigenvalue weighted by atomic mass is 19.1. The number of nitrogens with zero attached hydrogens (tertiary/aromatic N) is 6. The lowest BCUT2D eigenvalue weighted by Gasteiger charge is -2.31. The van der Waals surface area contributed by atoms with E-state index < -0.39 is 11.4 Å². The minimum absolute atomic E-state index is 0.308. The normalized spacial score (nSPS) is 18.2. The zero-order valence-corrected chi connectivity index (χ0v) is 17.3. The molecule has 0 spiro atoms. The van der Waals surface area contributed by atoms with Gasteiger partial charge in [0.2, 0.25) is 0 Å². The molecule has 1 N–H and O–H groups in total. The van der Waals surface area contributed by atoms with Gasteiger partial charge in [-0.15, -0.1) is 5.10 Å². The first-order chi connectivity index (χ1) is 15.4. The Morgan fingerprint density at radius 2 is 1.91 bits per heavy atom. The van der Waals surface area contributed by atoms with E-state index in [4.69, 9.17) is 0 Å². The summed E-state index contributed by atoms with van der Waals surface area (Å²) in [4.78, 5) is 4.51. The molecule has 0 amide bonds. The smallest absolute Gasteiger partial charge is 0.174 e. The van der Waals surface area contributed by atoms with Crippen molar-refractivity contribution in [2.45, 2.75) is 31.9 Å².